The first kappa shape index (κ1) is 24.9. The van der Waals surface area contributed by atoms with Crippen LogP contribution < -0.4 is 14.8 Å². The van der Waals surface area contributed by atoms with Gasteiger partial charge in [0.2, 0.25) is 10.0 Å². The molecule has 2 aromatic carbocycles. The van der Waals surface area contributed by atoms with Crippen LogP contribution in [0, 0.1) is 0 Å². The van der Waals surface area contributed by atoms with Crippen LogP contribution >= 0.6 is 0 Å². The van der Waals surface area contributed by atoms with Gasteiger partial charge >= 0.3 is 0 Å². The molecule has 0 bridgehead atoms. The summed E-state index contributed by atoms with van der Waals surface area (Å²) in [6.07, 6.45) is 2.19. The molecular formula is C25H30N4O5S. The highest BCUT2D eigenvalue weighted by molar-refractivity contribution is 7.92. The van der Waals surface area contributed by atoms with Gasteiger partial charge in [0.05, 0.1) is 17.9 Å². The fourth-order valence-electron chi connectivity index (χ4n) is 4.42. The summed E-state index contributed by atoms with van der Waals surface area (Å²) in [6.45, 7) is 1.71. The van der Waals surface area contributed by atoms with Crippen molar-refractivity contribution >= 4 is 32.5 Å². The lowest BCUT2D eigenvalue weighted by Gasteiger charge is -2.31. The van der Waals surface area contributed by atoms with E-state index in [4.69, 9.17) is 4.74 Å². The zero-order valence-electron chi connectivity index (χ0n) is 19.7. The van der Waals surface area contributed by atoms with E-state index in [1.54, 1.807) is 37.5 Å². The number of aliphatic hydroxyl groups is 1. The molecule has 1 saturated heterocycles. The van der Waals surface area contributed by atoms with Crippen molar-refractivity contribution in [2.75, 3.05) is 37.7 Å². The summed E-state index contributed by atoms with van der Waals surface area (Å²) in [5.74, 6) is -0.126. The van der Waals surface area contributed by atoms with Crippen LogP contribution in [0.2, 0.25) is 0 Å². The highest BCUT2D eigenvalue weighted by Crippen LogP contribution is 2.31. The maximum Gasteiger partial charge on any atom is 0.261 e. The van der Waals surface area contributed by atoms with Gasteiger partial charge in [-0.3, -0.25) is 19.4 Å². The minimum Gasteiger partial charge on any atom is -0.479 e. The largest absolute Gasteiger partial charge is 0.479 e. The van der Waals surface area contributed by atoms with Crippen molar-refractivity contribution in [3.8, 4) is 5.75 Å². The number of amides is 1. The molecule has 1 aliphatic rings. The Labute approximate surface area is 205 Å². The number of likely N-dealkylation sites (N-methyl/N-ethyl adjacent to an activating group) is 1. The predicted octanol–water partition coefficient (Wildman–Crippen LogP) is 1.95. The second kappa shape index (κ2) is 10.6. The van der Waals surface area contributed by atoms with E-state index in [2.05, 4.69) is 19.9 Å². The standard InChI is InChI=1S/C25H30N4O5S/c1-26-25(31)24(34-23-7-3-6-22-20(23)5-4-13-27-22)21(16-29-14-12-19(30)15-29)17-8-10-18(11-9-17)28-35(2,32)33/h3-11,13,19,21,24,28,30H,12,14-16H2,1-2H3,(H,26,31)/t19-,21+,24?/m0/s1. The molecule has 0 spiro atoms. The van der Waals surface area contributed by atoms with E-state index in [1.807, 2.05) is 30.3 Å². The molecule has 0 radical (unpaired) electrons. The number of fused-ring (bicyclic) bond motifs is 1. The second-order valence-electron chi connectivity index (χ2n) is 8.78. The van der Waals surface area contributed by atoms with Crippen LogP contribution in [0.4, 0.5) is 5.69 Å². The molecule has 1 fully saturated rings. The van der Waals surface area contributed by atoms with Gasteiger partial charge < -0.3 is 15.2 Å². The molecule has 186 valence electrons. The number of likely N-dealkylation sites (tertiary alicyclic amines) is 1. The molecule has 1 unspecified atom stereocenters. The number of rotatable bonds is 9. The monoisotopic (exact) mass is 498 g/mol. The molecule has 0 aliphatic carbocycles. The normalized spacial score (nSPS) is 18.2. The number of nitrogens with zero attached hydrogens (tertiary/aromatic N) is 2. The predicted molar refractivity (Wildman–Crippen MR) is 135 cm³/mol. The Kier molecular flexibility index (Phi) is 7.54. The molecule has 1 aliphatic heterocycles. The minimum atomic E-state index is -3.41. The van der Waals surface area contributed by atoms with Crippen LogP contribution in [0.3, 0.4) is 0 Å². The van der Waals surface area contributed by atoms with Gasteiger partial charge in [-0.25, -0.2) is 8.42 Å². The summed E-state index contributed by atoms with van der Waals surface area (Å²) in [6, 6.07) is 16.2. The van der Waals surface area contributed by atoms with Crippen LogP contribution in [0.25, 0.3) is 10.9 Å². The third-order valence-corrected chi connectivity index (χ3v) is 6.68. The summed E-state index contributed by atoms with van der Waals surface area (Å²) in [4.78, 5) is 19.6. The van der Waals surface area contributed by atoms with E-state index >= 15 is 0 Å². The third kappa shape index (κ3) is 6.27. The molecule has 4 rings (SSSR count). The van der Waals surface area contributed by atoms with Gasteiger partial charge in [-0.15, -0.1) is 0 Å². The van der Waals surface area contributed by atoms with E-state index in [-0.39, 0.29) is 11.8 Å². The Hall–Kier alpha value is -3.21. The van der Waals surface area contributed by atoms with Crippen molar-refractivity contribution in [3.63, 3.8) is 0 Å². The molecule has 3 atom stereocenters. The Balaban J connectivity index is 1.71. The average molecular weight is 499 g/mol. The Morgan fingerprint density at radius 1 is 1.20 bits per heavy atom. The molecule has 2 heterocycles. The van der Waals surface area contributed by atoms with E-state index in [9.17, 15) is 18.3 Å². The molecule has 3 N–H and O–H groups in total. The minimum absolute atomic E-state index is 0.283. The molecule has 1 aromatic heterocycles. The number of hydrogen-bond donors (Lipinski definition) is 3. The third-order valence-electron chi connectivity index (χ3n) is 6.07. The topological polar surface area (TPSA) is 121 Å². The number of aliphatic hydroxyl groups excluding tert-OH is 1. The number of aromatic nitrogens is 1. The Morgan fingerprint density at radius 3 is 2.63 bits per heavy atom. The van der Waals surface area contributed by atoms with E-state index in [0.717, 1.165) is 22.7 Å². The van der Waals surface area contributed by atoms with E-state index in [0.29, 0.717) is 37.5 Å². The van der Waals surface area contributed by atoms with Gasteiger partial charge in [0, 0.05) is 49.9 Å². The second-order valence-corrected chi connectivity index (χ2v) is 10.5. The van der Waals surface area contributed by atoms with Crippen molar-refractivity contribution in [1.29, 1.82) is 0 Å². The van der Waals surface area contributed by atoms with Gasteiger partial charge in [-0.2, -0.15) is 0 Å². The van der Waals surface area contributed by atoms with Crippen LogP contribution in [0.1, 0.15) is 17.9 Å². The lowest BCUT2D eigenvalue weighted by atomic mass is 9.91. The molecule has 35 heavy (non-hydrogen) atoms. The molecule has 9 nitrogen and oxygen atoms in total. The van der Waals surface area contributed by atoms with Crippen LogP contribution in [-0.4, -0.2) is 74.5 Å². The van der Waals surface area contributed by atoms with Crippen LogP contribution in [-0.2, 0) is 14.8 Å². The van der Waals surface area contributed by atoms with E-state index in [1.165, 1.54) is 0 Å². The van der Waals surface area contributed by atoms with Gasteiger partial charge in [0.1, 0.15) is 5.75 Å². The summed E-state index contributed by atoms with van der Waals surface area (Å²) < 4.78 is 32.1. The first-order valence-electron chi connectivity index (χ1n) is 11.4. The van der Waals surface area contributed by atoms with Gasteiger partial charge in [-0.05, 0) is 48.4 Å². The number of benzene rings is 2. The van der Waals surface area contributed by atoms with Crippen molar-refractivity contribution in [2.45, 2.75) is 24.5 Å². The number of ether oxygens (including phenoxy) is 1. The van der Waals surface area contributed by atoms with Crippen molar-refractivity contribution < 1.29 is 23.1 Å². The summed E-state index contributed by atoms with van der Waals surface area (Å²) in [7, 11) is -1.84. The zero-order chi connectivity index (χ0) is 25.0. The molecule has 0 saturated carbocycles. The van der Waals surface area contributed by atoms with Gasteiger partial charge in [0.25, 0.3) is 5.91 Å². The highest BCUT2D eigenvalue weighted by Gasteiger charge is 2.35. The molecule has 3 aromatic rings. The fraction of sp³-hybridized carbons (Fsp3) is 0.360. The number of carbonyl (C=O) groups is 1. The van der Waals surface area contributed by atoms with Crippen LogP contribution in [0.15, 0.2) is 60.8 Å². The number of pyridine rings is 1. The average Bonchev–Trinajstić information content (AvgIpc) is 3.25. The lowest BCUT2D eigenvalue weighted by Crippen LogP contribution is -2.44. The van der Waals surface area contributed by atoms with Crippen LogP contribution in [0.5, 0.6) is 5.75 Å². The highest BCUT2D eigenvalue weighted by atomic mass is 32.2. The molecular weight excluding hydrogens is 468 g/mol. The number of β-amino-alcohol motifs (C(OH)–C–C–N with tert-alkyl or cyclic N) is 1. The first-order chi connectivity index (χ1) is 16.7. The Bertz CT molecular complexity index is 1280. The SMILES string of the molecule is CNC(=O)C(Oc1cccc2ncccc12)[C@H](CN1CC[C@H](O)C1)c1ccc(NS(C)(=O)=O)cc1. The van der Waals surface area contributed by atoms with Gasteiger partial charge in [-0.1, -0.05) is 18.2 Å². The Morgan fingerprint density at radius 2 is 1.97 bits per heavy atom. The zero-order valence-corrected chi connectivity index (χ0v) is 20.5. The van der Waals surface area contributed by atoms with Crippen molar-refractivity contribution in [3.05, 3.63) is 66.4 Å². The maximum atomic E-state index is 13.1. The number of anilines is 1. The number of hydrogen-bond acceptors (Lipinski definition) is 7. The smallest absolute Gasteiger partial charge is 0.261 e. The lowest BCUT2D eigenvalue weighted by molar-refractivity contribution is -0.128. The van der Waals surface area contributed by atoms with Gasteiger partial charge in [0.15, 0.2) is 6.10 Å². The summed E-state index contributed by atoms with van der Waals surface area (Å²) in [5.41, 5.74) is 2.01. The summed E-state index contributed by atoms with van der Waals surface area (Å²) >= 11 is 0. The first-order valence-corrected chi connectivity index (χ1v) is 13.3. The van der Waals surface area contributed by atoms with E-state index < -0.39 is 22.2 Å². The number of carbonyl (C=O) groups excluding carboxylic acids is 1. The fourth-order valence-corrected chi connectivity index (χ4v) is 4.98. The maximum absolute atomic E-state index is 13.1. The molecule has 1 amide bonds. The van der Waals surface area contributed by atoms with Crippen molar-refractivity contribution in [1.82, 2.24) is 15.2 Å². The van der Waals surface area contributed by atoms with Crippen molar-refractivity contribution in [2.24, 2.45) is 0 Å². The number of sulfonamides is 1. The quantitative estimate of drug-likeness (QED) is 0.412. The number of nitrogens with one attached hydrogen (secondary N) is 2. The molecule has 10 heteroatoms. The summed E-state index contributed by atoms with van der Waals surface area (Å²) in [5, 5.41) is 13.6.